The highest BCUT2D eigenvalue weighted by Gasteiger charge is 2.37. The molecule has 0 aromatic rings. The largest absolute Gasteiger partial charge is 0.359 e. The lowest BCUT2D eigenvalue weighted by atomic mass is 9.83. The predicted octanol–water partition coefficient (Wildman–Crippen LogP) is 4.99. The lowest BCUT2D eigenvalue weighted by Gasteiger charge is -2.32. The van der Waals surface area contributed by atoms with Gasteiger partial charge in [-0.3, -0.25) is 4.99 Å². The maximum Gasteiger partial charge on any atom is 0.157 e. The maximum atomic E-state index is 4.77. The van der Waals surface area contributed by atoms with Crippen LogP contribution in [0.1, 0.15) is 78.1 Å². The fraction of sp³-hybridized carbons (Fsp3) is 0.941. The lowest BCUT2D eigenvalue weighted by Crippen LogP contribution is -2.45. The van der Waals surface area contributed by atoms with Crippen LogP contribution in [-0.4, -0.2) is 23.0 Å². The van der Waals surface area contributed by atoms with Gasteiger partial charge in [-0.15, -0.1) is 0 Å². The highest BCUT2D eigenvalue weighted by Crippen LogP contribution is 2.36. The zero-order valence-electron chi connectivity index (χ0n) is 13.4. The molecule has 1 heterocycles. The van der Waals surface area contributed by atoms with E-state index in [4.69, 9.17) is 4.99 Å². The molecular formula is C17H32N2S. The van der Waals surface area contributed by atoms with E-state index in [1.54, 1.807) is 0 Å². The summed E-state index contributed by atoms with van der Waals surface area (Å²) in [5, 5.41) is 4.97. The number of aliphatic imine (C=N–C) groups is 1. The third-order valence-corrected chi connectivity index (χ3v) is 5.81. The summed E-state index contributed by atoms with van der Waals surface area (Å²) in [5.74, 6) is 2.11. The van der Waals surface area contributed by atoms with Crippen molar-refractivity contribution >= 4 is 16.9 Å². The van der Waals surface area contributed by atoms with Crippen molar-refractivity contribution in [1.29, 1.82) is 0 Å². The van der Waals surface area contributed by atoms with Crippen molar-refractivity contribution in [2.24, 2.45) is 10.9 Å². The Morgan fingerprint density at radius 1 is 1.10 bits per heavy atom. The minimum atomic E-state index is 0.416. The molecule has 0 aromatic heterocycles. The summed E-state index contributed by atoms with van der Waals surface area (Å²) in [6.07, 6.45) is 13.7. The van der Waals surface area contributed by atoms with Crippen molar-refractivity contribution in [2.45, 2.75) is 83.6 Å². The fourth-order valence-corrected chi connectivity index (χ4v) is 4.53. The Morgan fingerprint density at radius 2 is 1.85 bits per heavy atom. The smallest absolute Gasteiger partial charge is 0.157 e. The average molecular weight is 297 g/mol. The molecule has 2 nitrogen and oxygen atoms in total. The van der Waals surface area contributed by atoms with Crippen LogP contribution in [0.25, 0.3) is 0 Å². The van der Waals surface area contributed by atoms with E-state index in [2.05, 4.69) is 19.2 Å². The van der Waals surface area contributed by atoms with E-state index in [1.807, 2.05) is 11.8 Å². The van der Waals surface area contributed by atoms with E-state index < -0.39 is 0 Å². The van der Waals surface area contributed by atoms with Crippen LogP contribution in [-0.2, 0) is 0 Å². The van der Waals surface area contributed by atoms with E-state index >= 15 is 0 Å². The van der Waals surface area contributed by atoms with Gasteiger partial charge >= 0.3 is 0 Å². The van der Waals surface area contributed by atoms with Crippen LogP contribution in [0.15, 0.2) is 4.99 Å². The number of unbranched alkanes of at least 4 members (excludes halogenated alkanes) is 3. The standard InChI is InChI=1S/C17H32N2S/c1-15(2)10-6-3-4-9-13-18-16-19-17(14-20-16)11-7-5-8-12-17/h15H,3-14H2,1-2H3,(H,18,19). The number of nitrogens with zero attached hydrogens (tertiary/aromatic N) is 1. The maximum absolute atomic E-state index is 4.77. The van der Waals surface area contributed by atoms with Gasteiger partial charge in [-0.25, -0.2) is 0 Å². The topological polar surface area (TPSA) is 24.4 Å². The minimum Gasteiger partial charge on any atom is -0.359 e. The quantitative estimate of drug-likeness (QED) is 0.669. The zero-order chi connectivity index (χ0) is 14.3. The summed E-state index contributed by atoms with van der Waals surface area (Å²) in [6.45, 7) is 5.65. The Bertz CT molecular complexity index is 306. The summed E-state index contributed by atoms with van der Waals surface area (Å²) in [7, 11) is 0. The number of hydrogen-bond donors (Lipinski definition) is 1. The molecule has 0 amide bonds. The Morgan fingerprint density at radius 3 is 2.60 bits per heavy atom. The summed E-state index contributed by atoms with van der Waals surface area (Å²) in [5.41, 5.74) is 0.416. The minimum absolute atomic E-state index is 0.416. The Hall–Kier alpha value is -0.180. The van der Waals surface area contributed by atoms with Gasteiger partial charge in [-0.2, -0.15) is 0 Å². The molecule has 2 rings (SSSR count). The van der Waals surface area contributed by atoms with Crippen molar-refractivity contribution in [1.82, 2.24) is 5.32 Å². The van der Waals surface area contributed by atoms with Gasteiger partial charge in [0.25, 0.3) is 0 Å². The third kappa shape index (κ3) is 5.31. The molecule has 2 aliphatic rings. The third-order valence-electron chi connectivity index (χ3n) is 4.61. The van der Waals surface area contributed by atoms with Crippen LogP contribution in [0.5, 0.6) is 0 Å². The van der Waals surface area contributed by atoms with E-state index in [9.17, 15) is 0 Å². The molecule has 3 heteroatoms. The van der Waals surface area contributed by atoms with Gasteiger partial charge in [-0.1, -0.05) is 70.6 Å². The van der Waals surface area contributed by atoms with Crippen molar-refractivity contribution in [3.05, 3.63) is 0 Å². The van der Waals surface area contributed by atoms with Gasteiger partial charge in [0.15, 0.2) is 5.17 Å². The van der Waals surface area contributed by atoms with E-state index in [0.29, 0.717) is 5.54 Å². The molecule has 0 atom stereocenters. The highest BCUT2D eigenvalue weighted by molar-refractivity contribution is 8.14. The summed E-state index contributed by atoms with van der Waals surface area (Å²) in [6, 6.07) is 0. The normalized spacial score (nSPS) is 23.6. The highest BCUT2D eigenvalue weighted by atomic mass is 32.2. The molecule has 0 radical (unpaired) electrons. The molecular weight excluding hydrogens is 264 g/mol. The Kier molecular flexibility index (Phi) is 6.73. The van der Waals surface area contributed by atoms with E-state index in [1.165, 1.54) is 75.1 Å². The summed E-state index contributed by atoms with van der Waals surface area (Å²) >= 11 is 1.96. The van der Waals surface area contributed by atoms with Gasteiger partial charge in [-0.05, 0) is 25.2 Å². The molecule has 1 spiro atoms. The predicted molar refractivity (Wildman–Crippen MR) is 91.6 cm³/mol. The van der Waals surface area contributed by atoms with Crippen LogP contribution in [0.2, 0.25) is 0 Å². The fourth-order valence-electron chi connectivity index (χ4n) is 3.29. The second-order valence-electron chi connectivity index (χ2n) is 7.04. The Balaban J connectivity index is 1.57. The van der Waals surface area contributed by atoms with Crippen LogP contribution in [0.3, 0.4) is 0 Å². The molecule has 2 fully saturated rings. The number of amidine groups is 1. The first kappa shape index (κ1) is 16.2. The molecule has 116 valence electrons. The summed E-state index contributed by atoms with van der Waals surface area (Å²) < 4.78 is 0. The SMILES string of the molecule is CC(C)CCCCCCN=C1NC2(CCCCC2)CS1. The molecule has 20 heavy (non-hydrogen) atoms. The van der Waals surface area contributed by atoms with Gasteiger partial charge in [0.05, 0.1) is 0 Å². The van der Waals surface area contributed by atoms with Crippen molar-refractivity contribution in [2.75, 3.05) is 12.3 Å². The molecule has 1 aliphatic carbocycles. The Labute approximate surface area is 129 Å². The molecule has 1 saturated carbocycles. The van der Waals surface area contributed by atoms with Gasteiger partial charge in [0.2, 0.25) is 0 Å². The molecule has 0 aromatic carbocycles. The first-order chi connectivity index (χ1) is 9.70. The van der Waals surface area contributed by atoms with E-state index in [0.717, 1.165) is 12.5 Å². The first-order valence-electron chi connectivity index (χ1n) is 8.66. The molecule has 1 aliphatic heterocycles. The van der Waals surface area contributed by atoms with E-state index in [-0.39, 0.29) is 0 Å². The van der Waals surface area contributed by atoms with Crippen molar-refractivity contribution in [3.8, 4) is 0 Å². The first-order valence-corrected chi connectivity index (χ1v) is 9.64. The number of nitrogens with one attached hydrogen (secondary N) is 1. The zero-order valence-corrected chi connectivity index (χ0v) is 14.2. The van der Waals surface area contributed by atoms with Crippen molar-refractivity contribution in [3.63, 3.8) is 0 Å². The molecule has 0 unspecified atom stereocenters. The van der Waals surface area contributed by atoms with Crippen molar-refractivity contribution < 1.29 is 0 Å². The average Bonchev–Trinajstić information content (AvgIpc) is 2.81. The second-order valence-corrected chi connectivity index (χ2v) is 8.00. The molecule has 1 saturated heterocycles. The van der Waals surface area contributed by atoms with Crippen LogP contribution >= 0.6 is 11.8 Å². The van der Waals surface area contributed by atoms with Crippen LogP contribution < -0.4 is 5.32 Å². The number of thioether (sulfide) groups is 1. The molecule has 0 bridgehead atoms. The number of hydrogen-bond acceptors (Lipinski definition) is 2. The van der Waals surface area contributed by atoms with Gasteiger partial charge in [0.1, 0.15) is 0 Å². The van der Waals surface area contributed by atoms with Gasteiger partial charge < -0.3 is 5.32 Å². The monoisotopic (exact) mass is 296 g/mol. The lowest BCUT2D eigenvalue weighted by molar-refractivity contribution is 0.303. The second kappa shape index (κ2) is 8.31. The molecule has 1 N–H and O–H groups in total. The number of rotatable bonds is 7. The van der Waals surface area contributed by atoms with Crippen LogP contribution in [0.4, 0.5) is 0 Å². The van der Waals surface area contributed by atoms with Gasteiger partial charge in [0, 0.05) is 17.8 Å². The van der Waals surface area contributed by atoms with Crippen LogP contribution in [0, 0.1) is 5.92 Å². The summed E-state index contributed by atoms with van der Waals surface area (Å²) in [4.78, 5) is 4.77.